The van der Waals surface area contributed by atoms with Crippen molar-refractivity contribution in [3.05, 3.63) is 29.8 Å². The van der Waals surface area contributed by atoms with Crippen LogP contribution in [-0.4, -0.2) is 54.0 Å². The van der Waals surface area contributed by atoms with Crippen LogP contribution in [0.4, 0.5) is 0 Å². The van der Waals surface area contributed by atoms with E-state index >= 15 is 0 Å². The van der Waals surface area contributed by atoms with Crippen molar-refractivity contribution in [1.29, 1.82) is 5.26 Å². The lowest BCUT2D eigenvalue weighted by Crippen LogP contribution is -2.49. The van der Waals surface area contributed by atoms with Gasteiger partial charge in [-0.2, -0.15) is 5.26 Å². The van der Waals surface area contributed by atoms with Crippen LogP contribution >= 0.6 is 0 Å². The summed E-state index contributed by atoms with van der Waals surface area (Å²) in [5.41, 5.74) is 0.630. The molecular formula is C22H31N3O2. The van der Waals surface area contributed by atoms with Gasteiger partial charge in [0.15, 0.2) is 0 Å². The van der Waals surface area contributed by atoms with Crippen molar-refractivity contribution in [3.63, 3.8) is 0 Å². The van der Waals surface area contributed by atoms with E-state index in [2.05, 4.69) is 24.8 Å². The number of amides is 1. The van der Waals surface area contributed by atoms with Crippen LogP contribution < -0.4 is 4.74 Å². The quantitative estimate of drug-likeness (QED) is 0.669. The molecule has 0 atom stereocenters. The lowest BCUT2D eigenvalue weighted by atomic mass is 9.81. The zero-order valence-corrected chi connectivity index (χ0v) is 16.6. The molecule has 2 aliphatic carbocycles. The predicted molar refractivity (Wildman–Crippen MR) is 105 cm³/mol. The molecule has 0 bridgehead atoms. The summed E-state index contributed by atoms with van der Waals surface area (Å²) in [6.07, 6.45) is 5.65. The third-order valence-corrected chi connectivity index (χ3v) is 6.08. The Labute approximate surface area is 162 Å². The zero-order valence-electron chi connectivity index (χ0n) is 16.6. The number of carbonyl (C=O) groups excluding carboxylic acids is 1. The van der Waals surface area contributed by atoms with Gasteiger partial charge >= 0.3 is 0 Å². The summed E-state index contributed by atoms with van der Waals surface area (Å²) in [7, 11) is 0. The fourth-order valence-corrected chi connectivity index (χ4v) is 3.95. The van der Waals surface area contributed by atoms with Crippen LogP contribution in [0.2, 0.25) is 0 Å². The zero-order chi connectivity index (χ0) is 19.2. The molecule has 0 aromatic heterocycles. The Morgan fingerprint density at radius 3 is 2.37 bits per heavy atom. The monoisotopic (exact) mass is 369 g/mol. The Bertz CT molecular complexity index is 657. The molecule has 1 aromatic carbocycles. The smallest absolute Gasteiger partial charge is 0.225 e. The number of hydrogen-bond acceptors (Lipinski definition) is 4. The molecule has 0 N–H and O–H groups in total. The molecule has 1 aromatic rings. The van der Waals surface area contributed by atoms with Crippen LogP contribution in [0, 0.1) is 17.2 Å². The Balaban J connectivity index is 1.42. The molecule has 0 saturated heterocycles. The highest BCUT2D eigenvalue weighted by atomic mass is 16.5. The predicted octanol–water partition coefficient (Wildman–Crippen LogP) is 3.44. The molecule has 146 valence electrons. The summed E-state index contributed by atoms with van der Waals surface area (Å²) >= 11 is 0. The van der Waals surface area contributed by atoms with Crippen LogP contribution in [0.15, 0.2) is 24.3 Å². The minimum absolute atomic E-state index is 0.0899. The Morgan fingerprint density at radius 2 is 1.85 bits per heavy atom. The van der Waals surface area contributed by atoms with E-state index in [0.29, 0.717) is 5.56 Å². The second kappa shape index (κ2) is 9.23. The number of rotatable bonds is 9. The number of likely N-dealkylation sites (N-methyl/N-ethyl adjacent to an activating group) is 2. The summed E-state index contributed by atoms with van der Waals surface area (Å²) in [5, 5.41) is 8.84. The van der Waals surface area contributed by atoms with E-state index in [-0.39, 0.29) is 17.9 Å². The minimum atomic E-state index is 0.0899. The summed E-state index contributed by atoms with van der Waals surface area (Å²) in [4.78, 5) is 17.4. The molecule has 0 spiro atoms. The number of hydrogen-bond donors (Lipinski definition) is 0. The van der Waals surface area contributed by atoms with Gasteiger partial charge in [-0.3, -0.25) is 9.69 Å². The second-order valence-electron chi connectivity index (χ2n) is 7.68. The Hall–Kier alpha value is -2.06. The topological polar surface area (TPSA) is 56.6 Å². The van der Waals surface area contributed by atoms with Crippen LogP contribution in [0.1, 0.15) is 51.5 Å². The van der Waals surface area contributed by atoms with Gasteiger partial charge in [-0.05, 0) is 63.4 Å². The van der Waals surface area contributed by atoms with E-state index in [1.165, 1.54) is 19.3 Å². The summed E-state index contributed by atoms with van der Waals surface area (Å²) in [6, 6.07) is 10.0. The normalized spacial score (nSPS) is 21.9. The maximum atomic E-state index is 12.8. The highest BCUT2D eigenvalue weighted by Gasteiger charge is 2.38. The number of nitrogens with zero attached hydrogens (tertiary/aromatic N) is 3. The van der Waals surface area contributed by atoms with Crippen molar-refractivity contribution in [3.8, 4) is 11.8 Å². The molecule has 2 fully saturated rings. The molecule has 1 amide bonds. The van der Waals surface area contributed by atoms with Crippen molar-refractivity contribution in [2.45, 2.75) is 58.1 Å². The Kier molecular flexibility index (Phi) is 6.73. The van der Waals surface area contributed by atoms with E-state index in [4.69, 9.17) is 10.00 Å². The van der Waals surface area contributed by atoms with Gasteiger partial charge in [0.05, 0.1) is 11.6 Å². The standard InChI is InChI=1S/C22H31N3O2/c1-3-24(19-6-5-7-19)12-13-25(4-2)22(26)18-14-21(15-18)27-20-10-8-17(16-23)9-11-20/h8-11,18-19,21H,3-7,12-15H2,1-2H3. The average molecular weight is 370 g/mol. The maximum Gasteiger partial charge on any atom is 0.225 e. The van der Waals surface area contributed by atoms with Gasteiger partial charge in [0.2, 0.25) is 5.91 Å². The lowest BCUT2D eigenvalue weighted by Gasteiger charge is -2.40. The van der Waals surface area contributed by atoms with E-state index in [9.17, 15) is 4.79 Å². The van der Waals surface area contributed by atoms with Gasteiger partial charge in [-0.15, -0.1) is 0 Å². The van der Waals surface area contributed by atoms with Gasteiger partial charge in [-0.25, -0.2) is 0 Å². The van der Waals surface area contributed by atoms with E-state index in [1.54, 1.807) is 12.1 Å². The lowest BCUT2D eigenvalue weighted by molar-refractivity contribution is -0.141. The van der Waals surface area contributed by atoms with Crippen molar-refractivity contribution in [2.24, 2.45) is 5.92 Å². The van der Waals surface area contributed by atoms with Crippen molar-refractivity contribution in [1.82, 2.24) is 9.80 Å². The largest absolute Gasteiger partial charge is 0.490 e. The SMILES string of the molecule is CCN(CCN(CC)C1CCC1)C(=O)C1CC(Oc2ccc(C#N)cc2)C1. The molecular weight excluding hydrogens is 338 g/mol. The summed E-state index contributed by atoms with van der Waals surface area (Å²) < 4.78 is 5.92. The first-order valence-corrected chi connectivity index (χ1v) is 10.3. The molecule has 2 aliphatic rings. The maximum absolute atomic E-state index is 12.8. The molecule has 0 radical (unpaired) electrons. The summed E-state index contributed by atoms with van der Waals surface area (Å²) in [5.74, 6) is 1.14. The first kappa shape index (κ1) is 19.7. The van der Waals surface area contributed by atoms with Crippen molar-refractivity contribution in [2.75, 3.05) is 26.2 Å². The highest BCUT2D eigenvalue weighted by molar-refractivity contribution is 5.79. The fourth-order valence-electron chi connectivity index (χ4n) is 3.95. The van der Waals surface area contributed by atoms with Crippen LogP contribution in [-0.2, 0) is 4.79 Å². The number of benzene rings is 1. The molecule has 3 rings (SSSR count). The van der Waals surface area contributed by atoms with Gasteiger partial charge < -0.3 is 9.64 Å². The molecule has 0 unspecified atom stereocenters. The van der Waals surface area contributed by atoms with E-state index in [0.717, 1.165) is 50.8 Å². The number of carbonyl (C=O) groups is 1. The molecule has 2 saturated carbocycles. The first-order chi connectivity index (χ1) is 13.1. The van der Waals surface area contributed by atoms with E-state index < -0.39 is 0 Å². The molecule has 0 aliphatic heterocycles. The highest BCUT2D eigenvalue weighted by Crippen LogP contribution is 2.33. The molecule has 0 heterocycles. The van der Waals surface area contributed by atoms with E-state index in [1.807, 2.05) is 17.0 Å². The summed E-state index contributed by atoms with van der Waals surface area (Å²) in [6.45, 7) is 7.95. The van der Waals surface area contributed by atoms with Crippen molar-refractivity contribution < 1.29 is 9.53 Å². The minimum Gasteiger partial charge on any atom is -0.490 e. The average Bonchev–Trinajstić information content (AvgIpc) is 2.62. The third-order valence-electron chi connectivity index (χ3n) is 6.08. The third kappa shape index (κ3) is 4.81. The molecule has 5 nitrogen and oxygen atoms in total. The van der Waals surface area contributed by atoms with Gasteiger partial charge in [0.1, 0.15) is 11.9 Å². The molecule has 27 heavy (non-hydrogen) atoms. The fraction of sp³-hybridized carbons (Fsp3) is 0.636. The van der Waals surface area contributed by atoms with Crippen LogP contribution in [0.3, 0.4) is 0 Å². The van der Waals surface area contributed by atoms with Gasteiger partial charge in [0.25, 0.3) is 0 Å². The van der Waals surface area contributed by atoms with Gasteiger partial charge in [0, 0.05) is 31.6 Å². The Morgan fingerprint density at radius 1 is 1.15 bits per heavy atom. The number of ether oxygens (including phenoxy) is 1. The second-order valence-corrected chi connectivity index (χ2v) is 7.68. The first-order valence-electron chi connectivity index (χ1n) is 10.3. The number of nitriles is 1. The van der Waals surface area contributed by atoms with Gasteiger partial charge in [-0.1, -0.05) is 13.3 Å². The van der Waals surface area contributed by atoms with Crippen molar-refractivity contribution >= 4 is 5.91 Å². The molecule has 5 heteroatoms. The van der Waals surface area contributed by atoms with Crippen LogP contribution in [0.5, 0.6) is 5.75 Å². The van der Waals surface area contributed by atoms with Crippen LogP contribution in [0.25, 0.3) is 0 Å².